The lowest BCUT2D eigenvalue weighted by molar-refractivity contribution is -0.159. The first-order valence-electron chi connectivity index (χ1n) is 6.85. The molecule has 100 valence electrons. The molecule has 17 heavy (non-hydrogen) atoms. The van der Waals surface area contributed by atoms with Crippen molar-refractivity contribution in [2.45, 2.75) is 76.8 Å². The van der Waals surface area contributed by atoms with E-state index in [2.05, 4.69) is 20.8 Å². The van der Waals surface area contributed by atoms with E-state index in [1.165, 1.54) is 0 Å². The Kier molecular flexibility index (Phi) is 3.54. The van der Waals surface area contributed by atoms with Crippen LogP contribution in [0.5, 0.6) is 0 Å². The van der Waals surface area contributed by atoms with Crippen molar-refractivity contribution < 1.29 is 14.6 Å². The Bertz CT molecular complexity index is 279. The van der Waals surface area contributed by atoms with Gasteiger partial charge in [-0.05, 0) is 45.4 Å². The highest BCUT2D eigenvalue weighted by atomic mass is 16.6. The largest absolute Gasteiger partial charge is 0.393 e. The monoisotopic (exact) mass is 242 g/mol. The molecule has 1 N–H and O–H groups in total. The first-order chi connectivity index (χ1) is 7.88. The minimum absolute atomic E-state index is 0.104. The minimum atomic E-state index is -0.354. The predicted octanol–water partition coefficient (Wildman–Crippen LogP) is 2.51. The van der Waals surface area contributed by atoms with Crippen molar-refractivity contribution in [2.75, 3.05) is 6.61 Å². The number of aliphatic hydroxyl groups excluding tert-OH is 1. The molecule has 2 aliphatic heterocycles. The van der Waals surface area contributed by atoms with E-state index >= 15 is 0 Å². The topological polar surface area (TPSA) is 38.7 Å². The van der Waals surface area contributed by atoms with Crippen LogP contribution in [-0.4, -0.2) is 35.1 Å². The Morgan fingerprint density at radius 3 is 2.35 bits per heavy atom. The van der Waals surface area contributed by atoms with Crippen molar-refractivity contribution in [1.82, 2.24) is 0 Å². The third-order valence-electron chi connectivity index (χ3n) is 4.47. The molecule has 2 rings (SSSR count). The van der Waals surface area contributed by atoms with E-state index in [0.29, 0.717) is 12.0 Å². The van der Waals surface area contributed by atoms with Gasteiger partial charge in [-0.2, -0.15) is 0 Å². The first kappa shape index (κ1) is 13.3. The van der Waals surface area contributed by atoms with Gasteiger partial charge in [-0.3, -0.25) is 0 Å². The van der Waals surface area contributed by atoms with Crippen LogP contribution in [0.3, 0.4) is 0 Å². The van der Waals surface area contributed by atoms with Gasteiger partial charge < -0.3 is 14.6 Å². The molecule has 0 aromatic carbocycles. The molecule has 0 unspecified atom stereocenters. The molecule has 3 nitrogen and oxygen atoms in total. The molecule has 0 bridgehead atoms. The zero-order valence-electron chi connectivity index (χ0n) is 11.5. The molecule has 4 atom stereocenters. The van der Waals surface area contributed by atoms with E-state index < -0.39 is 0 Å². The fourth-order valence-corrected chi connectivity index (χ4v) is 3.04. The Hall–Kier alpha value is -0.120. The summed E-state index contributed by atoms with van der Waals surface area (Å²) in [5.41, 5.74) is -0.505. The van der Waals surface area contributed by atoms with Gasteiger partial charge in [0.05, 0.1) is 30.0 Å². The Morgan fingerprint density at radius 1 is 1.18 bits per heavy atom. The lowest BCUT2D eigenvalue weighted by Gasteiger charge is -2.33. The molecule has 0 aromatic heterocycles. The fraction of sp³-hybridized carbons (Fsp3) is 1.00. The quantitative estimate of drug-likeness (QED) is 0.826. The molecule has 2 saturated heterocycles. The maximum absolute atomic E-state index is 9.34. The summed E-state index contributed by atoms with van der Waals surface area (Å²) in [5, 5.41) is 9.34. The van der Waals surface area contributed by atoms with Crippen LogP contribution in [0.15, 0.2) is 0 Å². The van der Waals surface area contributed by atoms with Gasteiger partial charge in [0, 0.05) is 0 Å². The molecular formula is C14H26O3. The van der Waals surface area contributed by atoms with Crippen molar-refractivity contribution >= 4 is 0 Å². The summed E-state index contributed by atoms with van der Waals surface area (Å²) in [4.78, 5) is 0. The molecule has 0 radical (unpaired) electrons. The highest BCUT2D eigenvalue weighted by Gasteiger charge is 2.49. The van der Waals surface area contributed by atoms with Crippen LogP contribution in [0.25, 0.3) is 0 Å². The highest BCUT2D eigenvalue weighted by molar-refractivity contribution is 4.98. The average molecular weight is 242 g/mol. The zero-order valence-corrected chi connectivity index (χ0v) is 11.5. The Morgan fingerprint density at radius 2 is 1.88 bits per heavy atom. The number of aliphatic hydroxyl groups is 1. The van der Waals surface area contributed by atoms with E-state index in [9.17, 15) is 5.11 Å². The summed E-state index contributed by atoms with van der Waals surface area (Å²) < 4.78 is 12.3. The van der Waals surface area contributed by atoms with Gasteiger partial charge in [0.15, 0.2) is 0 Å². The van der Waals surface area contributed by atoms with Crippen LogP contribution in [0.1, 0.15) is 53.4 Å². The summed E-state index contributed by atoms with van der Waals surface area (Å²) in [6.07, 6.45) is 4.64. The second kappa shape index (κ2) is 4.52. The first-order valence-corrected chi connectivity index (χ1v) is 6.85. The lowest BCUT2D eigenvalue weighted by Crippen LogP contribution is -2.42. The summed E-state index contributed by atoms with van der Waals surface area (Å²) in [6, 6.07) is 0. The standard InChI is InChI=1S/C14H26O3/c1-10(2)11-5-8-14(4,16-11)12-6-7-13(3,9-15)17-12/h10-12,15H,5-9H2,1-4H3/t11-,12+,13+,14-/m1/s1. The molecule has 0 aromatic rings. The van der Waals surface area contributed by atoms with Crippen LogP contribution in [-0.2, 0) is 9.47 Å². The SMILES string of the molecule is CC(C)[C@H]1CC[C@](C)([C@@H]2CC[C@@](C)(CO)O2)O1. The van der Waals surface area contributed by atoms with Crippen molar-refractivity contribution in [3.8, 4) is 0 Å². The zero-order chi connectivity index (χ0) is 12.7. The predicted molar refractivity (Wildman–Crippen MR) is 66.9 cm³/mol. The minimum Gasteiger partial charge on any atom is -0.393 e. The Labute approximate surface area is 104 Å². The number of hydrogen-bond donors (Lipinski definition) is 1. The number of rotatable bonds is 3. The van der Waals surface area contributed by atoms with Crippen LogP contribution in [0.4, 0.5) is 0 Å². The van der Waals surface area contributed by atoms with Gasteiger partial charge in [0.25, 0.3) is 0 Å². The average Bonchev–Trinajstić information content (AvgIpc) is 2.85. The van der Waals surface area contributed by atoms with Crippen molar-refractivity contribution in [1.29, 1.82) is 0 Å². The molecule has 2 fully saturated rings. The molecule has 3 heteroatoms. The summed E-state index contributed by atoms with van der Waals surface area (Å²) in [7, 11) is 0. The van der Waals surface area contributed by atoms with Crippen LogP contribution in [0, 0.1) is 5.92 Å². The van der Waals surface area contributed by atoms with Gasteiger partial charge in [0.1, 0.15) is 0 Å². The van der Waals surface area contributed by atoms with E-state index in [1.54, 1.807) is 0 Å². The highest BCUT2D eigenvalue weighted by Crippen LogP contribution is 2.43. The maximum atomic E-state index is 9.34. The van der Waals surface area contributed by atoms with E-state index in [1.807, 2.05) is 6.92 Å². The van der Waals surface area contributed by atoms with Crippen molar-refractivity contribution in [3.05, 3.63) is 0 Å². The molecule has 0 aliphatic carbocycles. The Balaban J connectivity index is 2.00. The fourth-order valence-electron chi connectivity index (χ4n) is 3.04. The molecular weight excluding hydrogens is 216 g/mol. The summed E-state index contributed by atoms with van der Waals surface area (Å²) in [5.74, 6) is 0.572. The third-order valence-corrected chi connectivity index (χ3v) is 4.47. The van der Waals surface area contributed by atoms with E-state index in [-0.39, 0.29) is 23.9 Å². The van der Waals surface area contributed by atoms with Gasteiger partial charge in [0.2, 0.25) is 0 Å². The van der Waals surface area contributed by atoms with Crippen LogP contribution >= 0.6 is 0 Å². The number of ether oxygens (including phenoxy) is 2. The normalized spacial score (nSPS) is 46.9. The van der Waals surface area contributed by atoms with Gasteiger partial charge in [-0.25, -0.2) is 0 Å². The molecule has 0 amide bonds. The smallest absolute Gasteiger partial charge is 0.0920 e. The van der Waals surface area contributed by atoms with Crippen LogP contribution in [0.2, 0.25) is 0 Å². The van der Waals surface area contributed by atoms with Crippen molar-refractivity contribution in [3.63, 3.8) is 0 Å². The lowest BCUT2D eigenvalue weighted by atomic mass is 9.92. The maximum Gasteiger partial charge on any atom is 0.0920 e. The molecule has 2 aliphatic rings. The van der Waals surface area contributed by atoms with Crippen molar-refractivity contribution in [2.24, 2.45) is 5.92 Å². The van der Waals surface area contributed by atoms with Crippen LogP contribution < -0.4 is 0 Å². The van der Waals surface area contributed by atoms with Gasteiger partial charge in [-0.15, -0.1) is 0 Å². The second-order valence-corrected chi connectivity index (χ2v) is 6.50. The van der Waals surface area contributed by atoms with E-state index in [4.69, 9.17) is 9.47 Å². The third kappa shape index (κ3) is 2.51. The summed E-state index contributed by atoms with van der Waals surface area (Å²) >= 11 is 0. The number of hydrogen-bond acceptors (Lipinski definition) is 3. The second-order valence-electron chi connectivity index (χ2n) is 6.50. The van der Waals surface area contributed by atoms with Gasteiger partial charge in [-0.1, -0.05) is 13.8 Å². The molecule has 2 heterocycles. The molecule has 0 saturated carbocycles. The van der Waals surface area contributed by atoms with E-state index in [0.717, 1.165) is 25.7 Å². The molecule has 0 spiro atoms. The summed E-state index contributed by atoms with van der Waals surface area (Å²) in [6.45, 7) is 8.69. The van der Waals surface area contributed by atoms with Gasteiger partial charge >= 0.3 is 0 Å².